The van der Waals surface area contributed by atoms with E-state index in [1.54, 1.807) is 0 Å². The van der Waals surface area contributed by atoms with Crippen LogP contribution in [0.15, 0.2) is 22.7 Å². The molecule has 0 heterocycles. The Morgan fingerprint density at radius 1 is 1.38 bits per heavy atom. The van der Waals surface area contributed by atoms with Crippen molar-refractivity contribution in [2.45, 2.75) is 32.7 Å². The van der Waals surface area contributed by atoms with E-state index in [2.05, 4.69) is 52.4 Å². The van der Waals surface area contributed by atoms with Gasteiger partial charge in [-0.15, -0.1) is 0 Å². The Labute approximate surface area is 106 Å². The number of aryl methyl sites for hydroxylation is 1. The van der Waals surface area contributed by atoms with Gasteiger partial charge >= 0.3 is 0 Å². The Bertz CT molecular complexity index is 369. The molecule has 0 aliphatic carbocycles. The highest BCUT2D eigenvalue weighted by Gasteiger charge is 1.98. The van der Waals surface area contributed by atoms with Crippen molar-refractivity contribution in [2.24, 2.45) is 0 Å². The summed E-state index contributed by atoms with van der Waals surface area (Å²) in [5.74, 6) is 0. The molecule has 3 heteroatoms. The molecule has 0 radical (unpaired) electrons. The standard InChI is InChI=1S/C13H17BrN2/c1-11-9-13(14)6-5-12(11)10-16-8-4-2-3-7-15/h5-6,9,16H,2-4,8,10H2,1H3. The lowest BCUT2D eigenvalue weighted by Crippen LogP contribution is -2.15. The Morgan fingerprint density at radius 3 is 2.88 bits per heavy atom. The van der Waals surface area contributed by atoms with E-state index in [-0.39, 0.29) is 0 Å². The van der Waals surface area contributed by atoms with Crippen LogP contribution in [0.3, 0.4) is 0 Å². The van der Waals surface area contributed by atoms with Crippen LogP contribution in [0.25, 0.3) is 0 Å². The summed E-state index contributed by atoms with van der Waals surface area (Å²) in [7, 11) is 0. The third-order valence-corrected chi connectivity index (χ3v) is 3.01. The van der Waals surface area contributed by atoms with Crippen molar-refractivity contribution in [3.63, 3.8) is 0 Å². The molecule has 0 amide bonds. The SMILES string of the molecule is Cc1cc(Br)ccc1CNCCCCC#N. The van der Waals surface area contributed by atoms with E-state index in [0.29, 0.717) is 6.42 Å². The van der Waals surface area contributed by atoms with Gasteiger partial charge in [-0.25, -0.2) is 0 Å². The fourth-order valence-corrected chi connectivity index (χ4v) is 2.01. The van der Waals surface area contributed by atoms with Crippen LogP contribution >= 0.6 is 15.9 Å². The van der Waals surface area contributed by atoms with Crippen LogP contribution in [-0.2, 0) is 6.54 Å². The second-order valence-electron chi connectivity index (χ2n) is 3.86. The highest BCUT2D eigenvalue weighted by Crippen LogP contribution is 2.15. The van der Waals surface area contributed by atoms with Crippen molar-refractivity contribution in [1.82, 2.24) is 5.32 Å². The van der Waals surface area contributed by atoms with Crippen LogP contribution < -0.4 is 5.32 Å². The number of nitrogens with zero attached hydrogens (tertiary/aromatic N) is 1. The molecular formula is C13H17BrN2. The van der Waals surface area contributed by atoms with Gasteiger partial charge in [0.25, 0.3) is 0 Å². The topological polar surface area (TPSA) is 35.8 Å². The Hall–Kier alpha value is -0.850. The zero-order chi connectivity index (χ0) is 11.8. The molecule has 0 atom stereocenters. The third-order valence-electron chi connectivity index (χ3n) is 2.51. The van der Waals surface area contributed by atoms with Gasteiger partial charge in [-0.1, -0.05) is 22.0 Å². The number of hydrogen-bond acceptors (Lipinski definition) is 2. The van der Waals surface area contributed by atoms with Crippen molar-refractivity contribution in [3.05, 3.63) is 33.8 Å². The van der Waals surface area contributed by atoms with Gasteiger partial charge in [-0.05, 0) is 49.6 Å². The maximum atomic E-state index is 8.39. The Morgan fingerprint density at radius 2 is 2.19 bits per heavy atom. The summed E-state index contributed by atoms with van der Waals surface area (Å²) in [6.45, 7) is 4.01. The van der Waals surface area contributed by atoms with Gasteiger partial charge in [0.2, 0.25) is 0 Å². The average molecular weight is 281 g/mol. The molecule has 86 valence electrons. The van der Waals surface area contributed by atoms with Gasteiger partial charge < -0.3 is 5.32 Å². The molecule has 1 rings (SSSR count). The van der Waals surface area contributed by atoms with Crippen molar-refractivity contribution in [2.75, 3.05) is 6.54 Å². The molecule has 0 unspecified atom stereocenters. The van der Waals surface area contributed by atoms with Gasteiger partial charge in [-0.2, -0.15) is 5.26 Å². The quantitative estimate of drug-likeness (QED) is 0.809. The molecule has 1 aromatic rings. The second kappa shape index (κ2) is 7.43. The lowest BCUT2D eigenvalue weighted by atomic mass is 10.1. The minimum atomic E-state index is 0.666. The van der Waals surface area contributed by atoms with Crippen LogP contribution in [0.2, 0.25) is 0 Å². The molecule has 1 N–H and O–H groups in total. The normalized spacial score (nSPS) is 10.1. The fourth-order valence-electron chi connectivity index (χ4n) is 1.53. The first-order valence-corrected chi connectivity index (χ1v) is 6.36. The van der Waals surface area contributed by atoms with Crippen LogP contribution in [0, 0.1) is 18.3 Å². The molecule has 2 nitrogen and oxygen atoms in total. The largest absolute Gasteiger partial charge is 0.313 e. The molecular weight excluding hydrogens is 264 g/mol. The zero-order valence-corrected chi connectivity index (χ0v) is 11.2. The highest BCUT2D eigenvalue weighted by atomic mass is 79.9. The van der Waals surface area contributed by atoms with Gasteiger partial charge in [0.05, 0.1) is 6.07 Å². The van der Waals surface area contributed by atoms with E-state index in [1.165, 1.54) is 11.1 Å². The number of halogens is 1. The third kappa shape index (κ3) is 4.78. The van der Waals surface area contributed by atoms with Crippen molar-refractivity contribution in [3.8, 4) is 6.07 Å². The van der Waals surface area contributed by atoms with Gasteiger partial charge in [0, 0.05) is 17.4 Å². The van der Waals surface area contributed by atoms with Crippen LogP contribution in [0.1, 0.15) is 30.4 Å². The van der Waals surface area contributed by atoms with Crippen LogP contribution in [0.5, 0.6) is 0 Å². The van der Waals surface area contributed by atoms with E-state index in [4.69, 9.17) is 5.26 Å². The molecule has 0 saturated carbocycles. The molecule has 0 fully saturated rings. The lowest BCUT2D eigenvalue weighted by molar-refractivity contribution is 0.627. The smallest absolute Gasteiger partial charge is 0.0621 e. The molecule has 1 aromatic carbocycles. The van der Waals surface area contributed by atoms with Crippen molar-refractivity contribution >= 4 is 15.9 Å². The van der Waals surface area contributed by atoms with E-state index in [0.717, 1.165) is 30.4 Å². The molecule has 16 heavy (non-hydrogen) atoms. The maximum Gasteiger partial charge on any atom is 0.0621 e. The Kier molecular flexibility index (Phi) is 6.14. The lowest BCUT2D eigenvalue weighted by Gasteiger charge is -2.07. The Balaban J connectivity index is 2.25. The predicted molar refractivity (Wildman–Crippen MR) is 70.0 cm³/mol. The summed E-state index contributed by atoms with van der Waals surface area (Å²) in [4.78, 5) is 0. The highest BCUT2D eigenvalue weighted by molar-refractivity contribution is 9.10. The minimum Gasteiger partial charge on any atom is -0.313 e. The van der Waals surface area contributed by atoms with Crippen LogP contribution in [-0.4, -0.2) is 6.54 Å². The average Bonchev–Trinajstić information content (AvgIpc) is 2.26. The summed E-state index contributed by atoms with van der Waals surface area (Å²) in [6, 6.07) is 8.50. The number of benzene rings is 1. The predicted octanol–water partition coefficient (Wildman–Crippen LogP) is 3.54. The molecule has 0 spiro atoms. The first-order chi connectivity index (χ1) is 7.74. The second-order valence-corrected chi connectivity index (χ2v) is 4.78. The van der Waals surface area contributed by atoms with Crippen LogP contribution in [0.4, 0.5) is 0 Å². The molecule has 0 bridgehead atoms. The number of nitrogens with one attached hydrogen (secondary N) is 1. The summed E-state index contributed by atoms with van der Waals surface area (Å²) in [6.07, 6.45) is 2.73. The molecule has 0 aliphatic heterocycles. The van der Waals surface area contributed by atoms with Gasteiger partial charge in [-0.3, -0.25) is 0 Å². The fraction of sp³-hybridized carbons (Fsp3) is 0.462. The number of nitriles is 1. The monoisotopic (exact) mass is 280 g/mol. The van der Waals surface area contributed by atoms with E-state index >= 15 is 0 Å². The van der Waals surface area contributed by atoms with E-state index in [9.17, 15) is 0 Å². The molecule has 0 aliphatic rings. The summed E-state index contributed by atoms with van der Waals surface area (Å²) in [5.41, 5.74) is 2.64. The number of rotatable bonds is 6. The number of hydrogen-bond donors (Lipinski definition) is 1. The maximum absolute atomic E-state index is 8.39. The van der Waals surface area contributed by atoms with Gasteiger partial charge in [0.1, 0.15) is 0 Å². The first kappa shape index (κ1) is 13.2. The van der Waals surface area contributed by atoms with E-state index in [1.807, 2.05) is 0 Å². The summed E-state index contributed by atoms with van der Waals surface area (Å²) < 4.78 is 1.13. The zero-order valence-electron chi connectivity index (χ0n) is 9.59. The van der Waals surface area contributed by atoms with Crippen molar-refractivity contribution in [1.29, 1.82) is 5.26 Å². The van der Waals surface area contributed by atoms with Crippen molar-refractivity contribution < 1.29 is 0 Å². The summed E-state index contributed by atoms with van der Waals surface area (Å²) >= 11 is 3.46. The first-order valence-electron chi connectivity index (χ1n) is 5.56. The van der Waals surface area contributed by atoms with E-state index < -0.39 is 0 Å². The minimum absolute atomic E-state index is 0.666. The number of unbranched alkanes of at least 4 members (excludes halogenated alkanes) is 2. The van der Waals surface area contributed by atoms with Gasteiger partial charge in [0.15, 0.2) is 0 Å². The molecule has 0 saturated heterocycles. The summed E-state index contributed by atoms with van der Waals surface area (Å²) in [5, 5.41) is 11.8. The molecule has 0 aromatic heterocycles.